The quantitative estimate of drug-likeness (QED) is 0.687. The molecule has 0 radical (unpaired) electrons. The van der Waals surface area contributed by atoms with E-state index in [1.54, 1.807) is 0 Å². The molecular weight excluding hydrogens is 260 g/mol. The zero-order valence-electron chi connectivity index (χ0n) is 12.4. The van der Waals surface area contributed by atoms with Crippen molar-refractivity contribution in [2.24, 2.45) is 0 Å². The second kappa shape index (κ2) is 5.87. The summed E-state index contributed by atoms with van der Waals surface area (Å²) in [4.78, 5) is 9.06. The number of aromatic nitrogens is 4. The van der Waals surface area contributed by atoms with Crippen LogP contribution in [0.1, 0.15) is 22.8 Å². The summed E-state index contributed by atoms with van der Waals surface area (Å²) in [5, 5.41) is 0. The fourth-order valence-corrected chi connectivity index (χ4v) is 2.38. The molecular formula is C17H19N4+. The van der Waals surface area contributed by atoms with Gasteiger partial charge in [-0.2, -0.15) is 0 Å². The number of aryl methyl sites for hydroxylation is 2. The van der Waals surface area contributed by atoms with Gasteiger partial charge in [0.25, 0.3) is 0 Å². The van der Waals surface area contributed by atoms with Crippen LogP contribution in [0.25, 0.3) is 0 Å². The van der Waals surface area contributed by atoms with Crippen molar-refractivity contribution >= 4 is 0 Å². The molecule has 0 saturated carbocycles. The molecule has 0 spiro atoms. The molecule has 0 fully saturated rings. The van der Waals surface area contributed by atoms with E-state index in [2.05, 4.69) is 50.0 Å². The van der Waals surface area contributed by atoms with Crippen molar-refractivity contribution in [2.45, 2.75) is 26.9 Å². The number of nitrogens with zero attached hydrogens (tertiary/aromatic N) is 4. The number of hydrogen-bond acceptors (Lipinski definition) is 2. The Morgan fingerprint density at radius 2 is 1.62 bits per heavy atom. The molecule has 106 valence electrons. The van der Waals surface area contributed by atoms with E-state index >= 15 is 0 Å². The molecule has 0 atom stereocenters. The van der Waals surface area contributed by atoms with Crippen LogP contribution in [0.15, 0.2) is 55.1 Å². The molecule has 3 heterocycles. The van der Waals surface area contributed by atoms with Gasteiger partial charge in [0.2, 0.25) is 6.33 Å². The summed E-state index contributed by atoms with van der Waals surface area (Å²) < 4.78 is 4.27. The molecule has 0 aromatic carbocycles. The molecule has 3 aromatic rings. The molecule has 0 amide bonds. The highest BCUT2D eigenvalue weighted by molar-refractivity contribution is 5.10. The predicted molar refractivity (Wildman–Crippen MR) is 80.8 cm³/mol. The van der Waals surface area contributed by atoms with Crippen molar-refractivity contribution in [1.82, 2.24) is 14.5 Å². The normalized spacial score (nSPS) is 10.8. The third-order valence-electron chi connectivity index (χ3n) is 3.33. The fraction of sp³-hybridized carbons (Fsp3) is 0.235. The van der Waals surface area contributed by atoms with E-state index in [1.165, 1.54) is 0 Å². The second-order valence-electron chi connectivity index (χ2n) is 5.30. The van der Waals surface area contributed by atoms with Crippen molar-refractivity contribution in [3.05, 3.63) is 77.9 Å². The molecule has 4 nitrogen and oxygen atoms in total. The molecule has 0 aliphatic rings. The molecule has 0 bridgehead atoms. The lowest BCUT2D eigenvalue weighted by atomic mass is 10.3. The molecule has 0 saturated heterocycles. The van der Waals surface area contributed by atoms with Gasteiger partial charge in [-0.25, -0.2) is 9.13 Å². The lowest BCUT2D eigenvalue weighted by Gasteiger charge is -1.99. The Kier molecular flexibility index (Phi) is 3.77. The minimum absolute atomic E-state index is 0.788. The first-order valence-corrected chi connectivity index (χ1v) is 7.09. The Labute approximate surface area is 124 Å². The van der Waals surface area contributed by atoms with Crippen molar-refractivity contribution in [3.63, 3.8) is 0 Å². The third kappa shape index (κ3) is 3.54. The lowest BCUT2D eigenvalue weighted by molar-refractivity contribution is -0.688. The first kappa shape index (κ1) is 13.5. The monoisotopic (exact) mass is 279 g/mol. The van der Waals surface area contributed by atoms with E-state index in [-0.39, 0.29) is 0 Å². The maximum atomic E-state index is 4.53. The zero-order valence-corrected chi connectivity index (χ0v) is 12.4. The van der Waals surface area contributed by atoms with Crippen molar-refractivity contribution < 1.29 is 4.57 Å². The molecule has 3 aromatic heterocycles. The van der Waals surface area contributed by atoms with Gasteiger partial charge in [0.15, 0.2) is 0 Å². The van der Waals surface area contributed by atoms with E-state index < -0.39 is 0 Å². The van der Waals surface area contributed by atoms with Crippen molar-refractivity contribution in [1.29, 1.82) is 0 Å². The summed E-state index contributed by atoms with van der Waals surface area (Å²) in [6.07, 6.45) is 6.23. The van der Waals surface area contributed by atoms with E-state index in [0.29, 0.717) is 0 Å². The van der Waals surface area contributed by atoms with Crippen LogP contribution in [0.3, 0.4) is 0 Å². The summed E-state index contributed by atoms with van der Waals surface area (Å²) in [6, 6.07) is 12.2. The highest BCUT2D eigenvalue weighted by Gasteiger charge is 2.07. The molecule has 0 aliphatic carbocycles. The van der Waals surface area contributed by atoms with Gasteiger partial charge < -0.3 is 0 Å². The number of hydrogen-bond donors (Lipinski definition) is 0. The van der Waals surface area contributed by atoms with Gasteiger partial charge in [-0.05, 0) is 38.1 Å². The molecule has 21 heavy (non-hydrogen) atoms. The molecule has 4 heteroatoms. The minimum atomic E-state index is 0.788. The Morgan fingerprint density at radius 1 is 0.952 bits per heavy atom. The van der Waals surface area contributed by atoms with Gasteiger partial charge >= 0.3 is 0 Å². The first-order chi connectivity index (χ1) is 10.2. The Balaban J connectivity index is 1.71. The maximum absolute atomic E-state index is 4.53. The molecule has 0 aliphatic heterocycles. The summed E-state index contributed by atoms with van der Waals surface area (Å²) >= 11 is 0. The standard InChI is InChI=1S/C17H19N4/c1-14-5-3-7-16(18-14)11-20-9-10-21(13-20)12-17-8-4-6-15(2)19-17/h3-10,13H,11-12H2,1-2H3/q+1. The van der Waals surface area contributed by atoms with Crippen LogP contribution >= 0.6 is 0 Å². The third-order valence-corrected chi connectivity index (χ3v) is 3.33. The Morgan fingerprint density at radius 3 is 2.33 bits per heavy atom. The van der Waals surface area contributed by atoms with Crippen LogP contribution in [-0.4, -0.2) is 14.5 Å². The van der Waals surface area contributed by atoms with Gasteiger partial charge in [0.1, 0.15) is 25.5 Å². The van der Waals surface area contributed by atoms with Gasteiger partial charge in [0.05, 0.1) is 11.4 Å². The lowest BCUT2D eigenvalue weighted by Crippen LogP contribution is -2.32. The molecule has 0 N–H and O–H groups in total. The smallest absolute Gasteiger partial charge is 0.244 e. The fourth-order valence-electron chi connectivity index (χ4n) is 2.38. The topological polar surface area (TPSA) is 34.6 Å². The van der Waals surface area contributed by atoms with Crippen LogP contribution in [-0.2, 0) is 13.1 Å². The van der Waals surface area contributed by atoms with Gasteiger partial charge in [-0.15, -0.1) is 0 Å². The van der Waals surface area contributed by atoms with Gasteiger partial charge in [-0.1, -0.05) is 12.1 Å². The van der Waals surface area contributed by atoms with Crippen LogP contribution in [0, 0.1) is 13.8 Å². The van der Waals surface area contributed by atoms with Crippen molar-refractivity contribution in [3.8, 4) is 0 Å². The zero-order chi connectivity index (χ0) is 14.7. The van der Waals surface area contributed by atoms with Crippen LogP contribution in [0.5, 0.6) is 0 Å². The Bertz CT molecular complexity index is 684. The summed E-state index contributed by atoms with van der Waals surface area (Å²) in [6.45, 7) is 5.61. The maximum Gasteiger partial charge on any atom is 0.244 e. The average molecular weight is 279 g/mol. The number of rotatable bonds is 4. The largest absolute Gasteiger partial charge is 0.254 e. The summed E-state index contributed by atoms with van der Waals surface area (Å²) in [7, 11) is 0. The van der Waals surface area contributed by atoms with Crippen molar-refractivity contribution in [2.75, 3.05) is 0 Å². The van der Waals surface area contributed by atoms with E-state index in [9.17, 15) is 0 Å². The molecule has 3 rings (SSSR count). The first-order valence-electron chi connectivity index (χ1n) is 7.09. The number of pyridine rings is 2. The van der Waals surface area contributed by atoms with E-state index in [0.717, 1.165) is 35.9 Å². The average Bonchev–Trinajstić information content (AvgIpc) is 2.86. The predicted octanol–water partition coefficient (Wildman–Crippen LogP) is 2.28. The molecule has 0 unspecified atom stereocenters. The van der Waals surface area contributed by atoms with Crippen LogP contribution < -0.4 is 4.57 Å². The van der Waals surface area contributed by atoms with Crippen LogP contribution in [0.4, 0.5) is 0 Å². The highest BCUT2D eigenvalue weighted by Crippen LogP contribution is 2.01. The van der Waals surface area contributed by atoms with E-state index in [1.807, 2.05) is 38.1 Å². The Hall–Kier alpha value is -2.49. The van der Waals surface area contributed by atoms with Crippen LogP contribution in [0.2, 0.25) is 0 Å². The van der Waals surface area contributed by atoms with Gasteiger partial charge in [-0.3, -0.25) is 9.97 Å². The minimum Gasteiger partial charge on any atom is -0.254 e. The van der Waals surface area contributed by atoms with Gasteiger partial charge in [0, 0.05) is 11.4 Å². The highest BCUT2D eigenvalue weighted by atomic mass is 15.1. The second-order valence-corrected chi connectivity index (χ2v) is 5.30. The number of imidazole rings is 1. The summed E-state index contributed by atoms with van der Waals surface area (Å²) in [5.74, 6) is 0. The summed E-state index contributed by atoms with van der Waals surface area (Å²) in [5.41, 5.74) is 4.26. The SMILES string of the molecule is Cc1cccc(Cn2cc[n+](Cc3cccc(C)n3)c2)n1. The van der Waals surface area contributed by atoms with E-state index in [4.69, 9.17) is 0 Å².